The maximum absolute atomic E-state index is 3.74. The van der Waals surface area contributed by atoms with E-state index >= 15 is 0 Å². The average Bonchev–Trinajstić information content (AvgIpc) is 2.71. The Hall–Kier alpha value is -0.570. The zero-order chi connectivity index (χ0) is 9.54. The molecule has 0 atom stereocenters. The highest BCUT2D eigenvalue weighted by Gasteiger charge is 1.79. The molecule has 0 radical (unpaired) electrons. The van der Waals surface area contributed by atoms with E-state index in [2.05, 4.69) is 15.8 Å². The van der Waals surface area contributed by atoms with Crippen molar-refractivity contribution in [3.63, 3.8) is 0 Å². The van der Waals surface area contributed by atoms with Crippen LogP contribution in [0.3, 0.4) is 0 Å². The summed E-state index contributed by atoms with van der Waals surface area (Å²) in [7, 11) is 0. The molecular formula is C8H23N3. The molecule has 1 heterocycles. The van der Waals surface area contributed by atoms with Gasteiger partial charge in [-0.1, -0.05) is 41.5 Å². The molecule has 3 heteroatoms. The third-order valence-electron chi connectivity index (χ3n) is 0.428. The highest BCUT2D eigenvalue weighted by molar-refractivity contribution is 5.54. The number of hydrogen-bond donors (Lipinski definition) is 2. The van der Waals surface area contributed by atoms with Crippen LogP contribution in [0.25, 0.3) is 0 Å². The molecule has 0 amide bonds. The van der Waals surface area contributed by atoms with Crippen LogP contribution in [-0.2, 0) is 0 Å². The van der Waals surface area contributed by atoms with Crippen LogP contribution in [0, 0.1) is 0 Å². The smallest absolute Gasteiger partial charge is 0.107 e. The summed E-state index contributed by atoms with van der Waals surface area (Å²) in [6, 6.07) is 0. The number of hydrazine groups is 1. The first-order valence-corrected chi connectivity index (χ1v) is 4.47. The van der Waals surface area contributed by atoms with Gasteiger partial charge in [-0.15, -0.1) is 0 Å². The van der Waals surface area contributed by atoms with Crippen LogP contribution in [0.1, 0.15) is 41.5 Å². The van der Waals surface area contributed by atoms with Crippen LogP contribution in [-0.4, -0.2) is 13.0 Å². The number of nitrogens with one attached hydrogen (secondary N) is 2. The zero-order valence-electron chi connectivity index (χ0n) is 8.73. The van der Waals surface area contributed by atoms with Crippen molar-refractivity contribution in [1.82, 2.24) is 10.9 Å². The molecule has 3 nitrogen and oxygen atoms in total. The van der Waals surface area contributed by atoms with E-state index in [-0.39, 0.29) is 0 Å². The Morgan fingerprint density at radius 2 is 1.45 bits per heavy atom. The van der Waals surface area contributed by atoms with Crippen LogP contribution in [0.5, 0.6) is 0 Å². The predicted molar refractivity (Wildman–Crippen MR) is 53.7 cm³/mol. The van der Waals surface area contributed by atoms with Gasteiger partial charge >= 0.3 is 0 Å². The molecule has 0 aromatic rings. The predicted octanol–water partition coefficient (Wildman–Crippen LogP) is 2.16. The molecule has 1 rings (SSSR count). The number of nitrogens with zero attached hydrogens (tertiary/aromatic N) is 1. The van der Waals surface area contributed by atoms with E-state index in [1.165, 1.54) is 0 Å². The van der Waals surface area contributed by atoms with Gasteiger partial charge in [-0.05, 0) is 0 Å². The first-order valence-electron chi connectivity index (χ1n) is 4.47. The molecule has 0 aliphatic carbocycles. The summed E-state index contributed by atoms with van der Waals surface area (Å²) in [5.74, 6) is 0. The highest BCUT2D eigenvalue weighted by atomic mass is 15.4. The minimum atomic E-state index is 0.708. The van der Waals surface area contributed by atoms with Gasteiger partial charge in [-0.2, -0.15) is 0 Å². The molecule has 0 aromatic heterocycles. The van der Waals surface area contributed by atoms with E-state index in [0.29, 0.717) is 6.67 Å². The third-order valence-corrected chi connectivity index (χ3v) is 0.428. The van der Waals surface area contributed by atoms with E-state index in [0.717, 1.165) is 0 Å². The molecule has 0 saturated heterocycles. The first-order chi connectivity index (χ1) is 5.50. The molecular weight excluding hydrogens is 138 g/mol. The highest BCUT2D eigenvalue weighted by Crippen LogP contribution is 1.59. The molecule has 70 valence electrons. The normalized spacial score (nSPS) is 10.4. The Kier molecular flexibility index (Phi) is 52.2. The SMILES string of the molecule is C1=NCNN1.CC.CC.CC. The Labute approximate surface area is 71.3 Å². The van der Waals surface area contributed by atoms with Crippen LogP contribution in [0.2, 0.25) is 0 Å². The molecule has 1 aliphatic rings. The Morgan fingerprint density at radius 1 is 1.00 bits per heavy atom. The molecule has 11 heavy (non-hydrogen) atoms. The van der Waals surface area contributed by atoms with Crippen LogP contribution < -0.4 is 10.9 Å². The zero-order valence-corrected chi connectivity index (χ0v) is 8.73. The van der Waals surface area contributed by atoms with Gasteiger partial charge in [0.1, 0.15) is 6.67 Å². The lowest BCUT2D eigenvalue weighted by Gasteiger charge is -1.80. The third kappa shape index (κ3) is 26.5. The van der Waals surface area contributed by atoms with Crippen molar-refractivity contribution in [3.8, 4) is 0 Å². The van der Waals surface area contributed by atoms with Gasteiger partial charge in [0.2, 0.25) is 0 Å². The Bertz CT molecular complexity index is 47.3. The molecule has 2 N–H and O–H groups in total. The molecule has 0 aromatic carbocycles. The minimum absolute atomic E-state index is 0.708. The van der Waals surface area contributed by atoms with Crippen LogP contribution in [0.15, 0.2) is 4.99 Å². The van der Waals surface area contributed by atoms with Gasteiger partial charge in [0.25, 0.3) is 0 Å². The fourth-order valence-electron chi connectivity index (χ4n) is 0.228. The molecule has 0 saturated carbocycles. The summed E-state index contributed by atoms with van der Waals surface area (Å²) in [6.07, 6.45) is 1.62. The van der Waals surface area contributed by atoms with E-state index in [1.54, 1.807) is 6.34 Å². The Morgan fingerprint density at radius 3 is 1.55 bits per heavy atom. The fraction of sp³-hybridized carbons (Fsp3) is 0.875. The van der Waals surface area contributed by atoms with E-state index in [4.69, 9.17) is 0 Å². The van der Waals surface area contributed by atoms with Gasteiger partial charge in [-0.25, -0.2) is 5.43 Å². The van der Waals surface area contributed by atoms with Crippen molar-refractivity contribution in [1.29, 1.82) is 0 Å². The van der Waals surface area contributed by atoms with Gasteiger partial charge in [0, 0.05) is 0 Å². The number of aliphatic imine (C=N–C) groups is 1. The van der Waals surface area contributed by atoms with Gasteiger partial charge in [0.15, 0.2) is 0 Å². The monoisotopic (exact) mass is 161 g/mol. The quantitative estimate of drug-likeness (QED) is 0.571. The largest absolute Gasteiger partial charge is 0.310 e. The van der Waals surface area contributed by atoms with E-state index < -0.39 is 0 Å². The number of rotatable bonds is 0. The minimum Gasteiger partial charge on any atom is -0.310 e. The summed E-state index contributed by atoms with van der Waals surface area (Å²) in [6.45, 7) is 12.7. The second-order valence-electron chi connectivity index (χ2n) is 0.791. The fourth-order valence-corrected chi connectivity index (χ4v) is 0.228. The molecule has 0 fully saturated rings. The van der Waals surface area contributed by atoms with Crippen LogP contribution in [0.4, 0.5) is 0 Å². The lowest BCUT2D eigenvalue weighted by molar-refractivity contribution is 0.731. The Balaban J connectivity index is -0.0000000933. The molecule has 0 spiro atoms. The van der Waals surface area contributed by atoms with Gasteiger partial charge in [-0.3, -0.25) is 4.99 Å². The maximum Gasteiger partial charge on any atom is 0.107 e. The van der Waals surface area contributed by atoms with Gasteiger partial charge < -0.3 is 5.43 Å². The lowest BCUT2D eigenvalue weighted by Crippen LogP contribution is -2.22. The standard InChI is InChI=1S/C2H5N3.3C2H6/c1-3-2-5-4-1;3*1-2/h1,5H,2H2,(H,3,4);3*1-2H3. The first kappa shape index (κ1) is 16.8. The van der Waals surface area contributed by atoms with Crippen molar-refractivity contribution >= 4 is 6.34 Å². The van der Waals surface area contributed by atoms with E-state index in [9.17, 15) is 0 Å². The summed E-state index contributed by atoms with van der Waals surface area (Å²) in [4.78, 5) is 3.74. The molecule has 0 unspecified atom stereocenters. The average molecular weight is 161 g/mol. The van der Waals surface area contributed by atoms with E-state index in [1.807, 2.05) is 41.5 Å². The lowest BCUT2D eigenvalue weighted by atomic mass is 11.0. The second-order valence-corrected chi connectivity index (χ2v) is 0.791. The molecule has 1 aliphatic heterocycles. The molecule has 0 bridgehead atoms. The van der Waals surface area contributed by atoms with Crippen molar-refractivity contribution in [2.75, 3.05) is 6.67 Å². The van der Waals surface area contributed by atoms with Gasteiger partial charge in [0.05, 0.1) is 6.34 Å². The summed E-state index contributed by atoms with van der Waals surface area (Å²) < 4.78 is 0. The van der Waals surface area contributed by atoms with Crippen molar-refractivity contribution in [3.05, 3.63) is 0 Å². The maximum atomic E-state index is 3.74. The van der Waals surface area contributed by atoms with Crippen molar-refractivity contribution < 1.29 is 0 Å². The summed E-state index contributed by atoms with van der Waals surface area (Å²) >= 11 is 0. The topological polar surface area (TPSA) is 36.4 Å². The van der Waals surface area contributed by atoms with Crippen LogP contribution >= 0.6 is 0 Å². The summed E-state index contributed by atoms with van der Waals surface area (Å²) in [5.41, 5.74) is 5.43. The van der Waals surface area contributed by atoms with Crippen molar-refractivity contribution in [2.45, 2.75) is 41.5 Å². The number of hydrogen-bond acceptors (Lipinski definition) is 3. The summed E-state index contributed by atoms with van der Waals surface area (Å²) in [5, 5.41) is 0. The van der Waals surface area contributed by atoms with Crippen molar-refractivity contribution in [2.24, 2.45) is 4.99 Å². The second kappa shape index (κ2) is 34.1.